The quantitative estimate of drug-likeness (QED) is 0.255. The van der Waals surface area contributed by atoms with Crippen LogP contribution >= 0.6 is 0 Å². The molecule has 0 fully saturated rings. The van der Waals surface area contributed by atoms with Crippen molar-refractivity contribution in [3.8, 4) is 5.75 Å². The van der Waals surface area contributed by atoms with Crippen molar-refractivity contribution in [2.24, 2.45) is 5.10 Å². The Morgan fingerprint density at radius 1 is 1.00 bits per heavy atom. The minimum Gasteiger partial charge on any atom is -0.482 e. The zero-order valence-electron chi connectivity index (χ0n) is 20.2. The molecule has 1 amide bonds. The van der Waals surface area contributed by atoms with Gasteiger partial charge in [0.25, 0.3) is 15.9 Å². The molecule has 3 aromatic carbocycles. The fourth-order valence-corrected chi connectivity index (χ4v) is 4.81. The number of benzene rings is 3. The fourth-order valence-electron chi connectivity index (χ4n) is 3.30. The van der Waals surface area contributed by atoms with E-state index >= 15 is 0 Å². The van der Waals surface area contributed by atoms with Gasteiger partial charge in [0.1, 0.15) is 12.3 Å². The first-order valence-corrected chi connectivity index (χ1v) is 12.4. The molecule has 10 heteroatoms. The van der Waals surface area contributed by atoms with Crippen LogP contribution in [0.5, 0.6) is 5.75 Å². The molecule has 0 aliphatic heterocycles. The number of aryl methyl sites for hydroxylation is 2. The third kappa shape index (κ3) is 6.92. The number of carbonyl (C=O) groups excluding carboxylic acids is 2. The van der Waals surface area contributed by atoms with Gasteiger partial charge in [-0.25, -0.2) is 18.6 Å². The lowest BCUT2D eigenvalue weighted by atomic mass is 10.1. The lowest BCUT2D eigenvalue weighted by molar-refractivity contribution is -0.142. The van der Waals surface area contributed by atoms with Gasteiger partial charge >= 0.3 is 5.97 Å². The van der Waals surface area contributed by atoms with Gasteiger partial charge in [0.2, 0.25) is 0 Å². The van der Waals surface area contributed by atoms with Gasteiger partial charge in [0.05, 0.1) is 23.9 Å². The molecule has 0 bridgehead atoms. The average Bonchev–Trinajstić information content (AvgIpc) is 2.87. The van der Waals surface area contributed by atoms with Crippen LogP contribution in [-0.4, -0.2) is 46.8 Å². The highest BCUT2D eigenvalue weighted by molar-refractivity contribution is 7.92. The highest BCUT2D eigenvalue weighted by atomic mass is 32.2. The summed E-state index contributed by atoms with van der Waals surface area (Å²) in [5.74, 6) is -0.631. The Morgan fingerprint density at radius 2 is 1.69 bits per heavy atom. The zero-order valence-corrected chi connectivity index (χ0v) is 21.0. The molecule has 1 N–H and O–H groups in total. The summed E-state index contributed by atoms with van der Waals surface area (Å²) in [6.07, 6.45) is 1.41. The van der Waals surface area contributed by atoms with Gasteiger partial charge in [0, 0.05) is 0 Å². The number of sulfonamides is 1. The monoisotopic (exact) mass is 509 g/mol. The number of rotatable bonds is 10. The number of hydrogen-bond donors (Lipinski definition) is 1. The minimum atomic E-state index is -4.01. The number of hydrogen-bond acceptors (Lipinski definition) is 7. The SMILES string of the molecule is COC(=O)COc1ccc(/C=N\NC(=O)CN(c2ccc(C)cc2C)S(=O)(=O)c2ccccc2)cc1. The van der Waals surface area contributed by atoms with Crippen LogP contribution in [0, 0.1) is 13.8 Å². The molecule has 3 aromatic rings. The van der Waals surface area contributed by atoms with E-state index < -0.39 is 28.4 Å². The van der Waals surface area contributed by atoms with Crippen LogP contribution in [0.15, 0.2) is 82.8 Å². The van der Waals surface area contributed by atoms with Gasteiger partial charge in [-0.15, -0.1) is 0 Å². The van der Waals surface area contributed by atoms with E-state index in [4.69, 9.17) is 4.74 Å². The van der Waals surface area contributed by atoms with Crippen LogP contribution in [0.1, 0.15) is 16.7 Å². The van der Waals surface area contributed by atoms with Crippen molar-refractivity contribution in [2.45, 2.75) is 18.7 Å². The summed E-state index contributed by atoms with van der Waals surface area (Å²) >= 11 is 0. The number of amides is 1. The second-order valence-corrected chi connectivity index (χ2v) is 9.70. The number of ether oxygens (including phenoxy) is 2. The van der Waals surface area contributed by atoms with Crippen molar-refractivity contribution in [2.75, 3.05) is 24.6 Å². The van der Waals surface area contributed by atoms with Crippen LogP contribution < -0.4 is 14.5 Å². The van der Waals surface area contributed by atoms with Crippen molar-refractivity contribution in [1.82, 2.24) is 5.43 Å². The van der Waals surface area contributed by atoms with Crippen molar-refractivity contribution >= 4 is 33.8 Å². The second-order valence-electron chi connectivity index (χ2n) is 7.84. The molecule has 0 aromatic heterocycles. The number of carbonyl (C=O) groups is 2. The summed E-state index contributed by atoms with van der Waals surface area (Å²) in [7, 11) is -2.73. The number of esters is 1. The van der Waals surface area contributed by atoms with E-state index in [9.17, 15) is 18.0 Å². The second kappa shape index (κ2) is 12.0. The normalized spacial score (nSPS) is 11.2. The van der Waals surface area contributed by atoms with Crippen molar-refractivity contribution < 1.29 is 27.5 Å². The van der Waals surface area contributed by atoms with E-state index in [-0.39, 0.29) is 11.5 Å². The molecule has 36 heavy (non-hydrogen) atoms. The average molecular weight is 510 g/mol. The van der Waals surface area contributed by atoms with E-state index in [1.807, 2.05) is 13.0 Å². The topological polar surface area (TPSA) is 114 Å². The molecule has 0 radical (unpaired) electrons. The summed E-state index contributed by atoms with van der Waals surface area (Å²) in [6, 6.07) is 19.9. The summed E-state index contributed by atoms with van der Waals surface area (Å²) in [4.78, 5) is 23.9. The zero-order chi connectivity index (χ0) is 26.1. The Labute approximate surface area is 210 Å². The Balaban J connectivity index is 1.72. The van der Waals surface area contributed by atoms with Crippen LogP contribution in [-0.2, 0) is 24.3 Å². The number of nitrogens with one attached hydrogen (secondary N) is 1. The molecule has 188 valence electrons. The molecule has 0 saturated carbocycles. The van der Waals surface area contributed by atoms with Crippen LogP contribution in [0.4, 0.5) is 5.69 Å². The van der Waals surface area contributed by atoms with Gasteiger partial charge in [0.15, 0.2) is 6.61 Å². The molecule has 0 heterocycles. The number of methoxy groups -OCH3 is 1. The third-order valence-corrected chi connectivity index (χ3v) is 6.88. The smallest absolute Gasteiger partial charge is 0.343 e. The molecule has 0 saturated heterocycles. The van der Waals surface area contributed by atoms with Crippen molar-refractivity contribution in [3.05, 3.63) is 89.5 Å². The summed E-state index contributed by atoms with van der Waals surface area (Å²) in [5.41, 5.74) is 5.14. The number of anilines is 1. The Hall–Kier alpha value is -4.18. The fraction of sp³-hybridized carbons (Fsp3) is 0.192. The maximum absolute atomic E-state index is 13.4. The van der Waals surface area contributed by atoms with Crippen LogP contribution in [0.25, 0.3) is 0 Å². The Kier molecular flexibility index (Phi) is 8.80. The minimum absolute atomic E-state index is 0.0794. The molecule has 0 aliphatic rings. The highest BCUT2D eigenvalue weighted by Crippen LogP contribution is 2.27. The highest BCUT2D eigenvalue weighted by Gasteiger charge is 2.28. The molecular formula is C26H27N3O6S. The molecule has 0 aliphatic carbocycles. The Bertz CT molecular complexity index is 1340. The lowest BCUT2D eigenvalue weighted by Gasteiger charge is -2.25. The summed E-state index contributed by atoms with van der Waals surface area (Å²) < 4.78 is 37.7. The lowest BCUT2D eigenvalue weighted by Crippen LogP contribution is -2.40. The molecule has 9 nitrogen and oxygen atoms in total. The van der Waals surface area contributed by atoms with Crippen LogP contribution in [0.3, 0.4) is 0 Å². The van der Waals surface area contributed by atoms with Crippen molar-refractivity contribution in [3.63, 3.8) is 0 Å². The standard InChI is InChI=1S/C26H27N3O6S/c1-19-9-14-24(20(2)15-19)29(36(32,33)23-7-5-4-6-8-23)17-25(30)28-27-16-21-10-12-22(13-11-21)35-18-26(31)34-3/h4-16H,17-18H2,1-3H3,(H,28,30)/b27-16-. The van der Waals surface area contributed by atoms with Gasteiger partial charge in [-0.2, -0.15) is 5.10 Å². The maximum Gasteiger partial charge on any atom is 0.343 e. The van der Waals surface area contributed by atoms with E-state index in [1.165, 1.54) is 25.5 Å². The first-order valence-electron chi connectivity index (χ1n) is 11.0. The van der Waals surface area contributed by atoms with Gasteiger partial charge in [-0.05, 0) is 67.4 Å². The largest absolute Gasteiger partial charge is 0.482 e. The third-order valence-electron chi connectivity index (χ3n) is 5.11. The van der Waals surface area contributed by atoms with E-state index in [1.54, 1.807) is 61.5 Å². The maximum atomic E-state index is 13.4. The van der Waals surface area contributed by atoms with Gasteiger partial charge in [-0.3, -0.25) is 9.10 Å². The molecule has 0 unspecified atom stereocenters. The number of hydrazone groups is 1. The molecular weight excluding hydrogens is 482 g/mol. The molecule has 3 rings (SSSR count). The molecule has 0 spiro atoms. The molecule has 0 atom stereocenters. The van der Waals surface area contributed by atoms with Gasteiger partial charge in [-0.1, -0.05) is 35.9 Å². The number of nitrogens with zero attached hydrogens (tertiary/aromatic N) is 2. The predicted octanol–water partition coefficient (Wildman–Crippen LogP) is 3.20. The van der Waals surface area contributed by atoms with Crippen molar-refractivity contribution in [1.29, 1.82) is 0 Å². The van der Waals surface area contributed by atoms with E-state index in [0.717, 1.165) is 15.4 Å². The Morgan fingerprint density at radius 3 is 2.33 bits per heavy atom. The summed E-state index contributed by atoms with van der Waals surface area (Å²) in [6.45, 7) is 3.04. The predicted molar refractivity (Wildman–Crippen MR) is 137 cm³/mol. The van der Waals surface area contributed by atoms with E-state index in [0.29, 0.717) is 17.0 Å². The van der Waals surface area contributed by atoms with E-state index in [2.05, 4.69) is 15.3 Å². The summed E-state index contributed by atoms with van der Waals surface area (Å²) in [5, 5.41) is 3.94. The van der Waals surface area contributed by atoms with Gasteiger partial charge < -0.3 is 9.47 Å². The first-order chi connectivity index (χ1) is 17.2. The first kappa shape index (κ1) is 26.4. The van der Waals surface area contributed by atoms with Crippen LogP contribution in [0.2, 0.25) is 0 Å².